The first-order chi connectivity index (χ1) is 33.8. The van der Waals surface area contributed by atoms with Crippen molar-refractivity contribution in [3.8, 4) is 33.4 Å². The van der Waals surface area contributed by atoms with Gasteiger partial charge >= 0.3 is 0 Å². The maximum Gasteiger partial charge on any atom is 0.0755 e. The zero-order chi connectivity index (χ0) is 44.8. The Morgan fingerprint density at radius 1 is 0.338 bits per heavy atom. The lowest BCUT2D eigenvalue weighted by molar-refractivity contribution is 0.752. The van der Waals surface area contributed by atoms with Crippen molar-refractivity contribution in [3.63, 3.8) is 0 Å². The summed E-state index contributed by atoms with van der Waals surface area (Å²) in [5.74, 6) is 0. The lowest BCUT2D eigenvalue weighted by Crippen LogP contribution is -2.36. The molecule has 0 N–H and O–H groups in total. The van der Waals surface area contributed by atoms with Crippen LogP contribution in [0.5, 0.6) is 0 Å². The third-order valence-electron chi connectivity index (χ3n) is 14.5. The zero-order valence-electron chi connectivity index (χ0n) is 37.1. The fourth-order valence-electron chi connectivity index (χ4n) is 11.7. The summed E-state index contributed by atoms with van der Waals surface area (Å²) < 4.78 is 2.54. The van der Waals surface area contributed by atoms with Gasteiger partial charge in [0.05, 0.1) is 32.9 Å². The maximum atomic E-state index is 2.56. The van der Waals surface area contributed by atoms with Gasteiger partial charge in [0.25, 0.3) is 0 Å². The molecule has 318 valence electrons. The molecule has 68 heavy (non-hydrogen) atoms. The first-order valence-electron chi connectivity index (χ1n) is 23.4. The van der Waals surface area contributed by atoms with Crippen LogP contribution in [0.4, 0.5) is 34.1 Å². The molecule has 1 aliphatic carbocycles. The number of benzene rings is 11. The van der Waals surface area contributed by atoms with Gasteiger partial charge in [-0.3, -0.25) is 0 Å². The number of hydrogen-bond donors (Lipinski definition) is 0. The molecule has 0 atom stereocenters. The fourth-order valence-corrected chi connectivity index (χ4v) is 12.9. The number of hydrogen-bond acceptors (Lipinski definition) is 3. The minimum atomic E-state index is -0.601. The molecule has 12 aromatic rings. The molecule has 0 radical (unpaired) electrons. The van der Waals surface area contributed by atoms with E-state index in [0.717, 1.165) is 22.7 Å². The number of fused-ring (bicyclic) bond motifs is 13. The van der Waals surface area contributed by atoms with Gasteiger partial charge in [-0.05, 0) is 115 Å². The molecular formula is C65H42N2S. The van der Waals surface area contributed by atoms with Gasteiger partial charge < -0.3 is 9.80 Å². The van der Waals surface area contributed by atoms with Gasteiger partial charge in [-0.25, -0.2) is 0 Å². The third-order valence-corrected chi connectivity index (χ3v) is 15.7. The third kappa shape index (κ3) is 5.57. The second kappa shape index (κ2) is 15.3. The second-order valence-electron chi connectivity index (χ2n) is 17.9. The number of rotatable bonds is 6. The Bertz CT molecular complexity index is 3900. The number of thiophene rings is 1. The van der Waals surface area contributed by atoms with Gasteiger partial charge in [0.1, 0.15) is 0 Å². The molecule has 0 unspecified atom stereocenters. The van der Waals surface area contributed by atoms with E-state index >= 15 is 0 Å². The van der Waals surface area contributed by atoms with Crippen LogP contribution in [0, 0.1) is 0 Å². The van der Waals surface area contributed by atoms with Gasteiger partial charge in [-0.2, -0.15) is 0 Å². The molecule has 1 aromatic heterocycles. The fraction of sp³-hybridized carbons (Fsp3) is 0.0154. The summed E-state index contributed by atoms with van der Waals surface area (Å²) >= 11 is 1.88. The van der Waals surface area contributed by atoms with Crippen molar-refractivity contribution >= 4 is 76.4 Å². The normalized spacial score (nSPS) is 13.1. The van der Waals surface area contributed by atoms with Gasteiger partial charge in [0.2, 0.25) is 0 Å². The van der Waals surface area contributed by atoms with Crippen molar-refractivity contribution in [1.29, 1.82) is 0 Å². The van der Waals surface area contributed by atoms with Crippen LogP contribution in [0.2, 0.25) is 0 Å². The predicted molar refractivity (Wildman–Crippen MR) is 288 cm³/mol. The maximum absolute atomic E-state index is 2.56. The summed E-state index contributed by atoms with van der Waals surface area (Å²) in [6.07, 6.45) is 0. The van der Waals surface area contributed by atoms with Crippen LogP contribution in [-0.2, 0) is 5.41 Å². The molecule has 0 saturated heterocycles. The highest BCUT2D eigenvalue weighted by molar-refractivity contribution is 7.26. The molecular weight excluding hydrogens is 841 g/mol. The molecule has 2 nitrogen and oxygen atoms in total. The highest BCUT2D eigenvalue weighted by atomic mass is 32.1. The molecule has 3 heteroatoms. The number of nitrogens with zero attached hydrogens (tertiary/aromatic N) is 2. The average Bonchev–Trinajstić information content (AvgIpc) is 3.93. The molecule has 1 spiro atoms. The van der Waals surface area contributed by atoms with Gasteiger partial charge in [0.15, 0.2) is 0 Å². The molecule has 0 fully saturated rings. The molecule has 11 aromatic carbocycles. The van der Waals surface area contributed by atoms with Crippen LogP contribution in [0.1, 0.15) is 22.3 Å². The summed E-state index contributed by atoms with van der Waals surface area (Å²) in [5, 5.41) is 5.03. The Morgan fingerprint density at radius 3 is 1.66 bits per heavy atom. The minimum Gasteiger partial charge on any atom is -0.310 e. The Kier molecular flexibility index (Phi) is 8.71. The summed E-state index contributed by atoms with van der Waals surface area (Å²) in [5.41, 5.74) is 18.8. The van der Waals surface area contributed by atoms with Crippen LogP contribution in [0.15, 0.2) is 255 Å². The molecule has 1 aliphatic heterocycles. The van der Waals surface area contributed by atoms with E-state index in [1.165, 1.54) is 98.0 Å². The average molecular weight is 883 g/mol. The summed E-state index contributed by atoms with van der Waals surface area (Å²) in [6, 6.07) is 94.5. The van der Waals surface area contributed by atoms with Crippen molar-refractivity contribution < 1.29 is 0 Å². The first kappa shape index (κ1) is 38.7. The zero-order valence-corrected chi connectivity index (χ0v) is 37.9. The second-order valence-corrected chi connectivity index (χ2v) is 19.0. The highest BCUT2D eigenvalue weighted by Gasteiger charge is 2.52. The SMILES string of the molecule is c1ccc(N2c3ccccc3C3(c4ccccc4-c4ccc(N(c5ccccc5-c5ccccc5-c5cccc6ccccc56)c5cccc6c5sc5ccccc56)cc43)c3ccccc32)cc1. The van der Waals surface area contributed by atoms with Crippen LogP contribution in [0.3, 0.4) is 0 Å². The van der Waals surface area contributed by atoms with E-state index < -0.39 is 5.41 Å². The van der Waals surface area contributed by atoms with E-state index in [4.69, 9.17) is 0 Å². The Balaban J connectivity index is 1.06. The van der Waals surface area contributed by atoms with Gasteiger partial charge in [-0.15, -0.1) is 11.3 Å². The topological polar surface area (TPSA) is 6.48 Å². The summed E-state index contributed by atoms with van der Waals surface area (Å²) in [7, 11) is 0. The summed E-state index contributed by atoms with van der Waals surface area (Å²) in [6.45, 7) is 0. The molecule has 0 saturated carbocycles. The Hall–Kier alpha value is -8.50. The smallest absolute Gasteiger partial charge is 0.0755 e. The van der Waals surface area contributed by atoms with E-state index in [1.54, 1.807) is 0 Å². The van der Waals surface area contributed by atoms with E-state index in [0.29, 0.717) is 0 Å². The number of para-hydroxylation sites is 4. The van der Waals surface area contributed by atoms with Crippen molar-refractivity contribution in [2.24, 2.45) is 0 Å². The van der Waals surface area contributed by atoms with Crippen molar-refractivity contribution in [3.05, 3.63) is 277 Å². The van der Waals surface area contributed by atoms with Crippen LogP contribution in [0.25, 0.3) is 64.3 Å². The standard InChI is InChI=1S/C65H42N2S/c1-2-22-44(23-3-1)66-60-36-15-12-33-56(60)65(57-34-13-16-37-61(57)66)55-32-11-8-27-50(55)51-41-40-45(42-58(51)65)67(62-38-19-31-54-53-29-10-17-39-63(53)68-64(54)62)59-35-14-9-28-52(59)49-26-7-6-25-48(49)47-30-18-21-43-20-4-5-24-46(43)47/h1-42H. The van der Waals surface area contributed by atoms with Gasteiger partial charge in [0, 0.05) is 32.4 Å². The van der Waals surface area contributed by atoms with Crippen LogP contribution in [-0.4, -0.2) is 0 Å². The Morgan fingerprint density at radius 2 is 0.868 bits per heavy atom. The molecule has 0 amide bonds. The quantitative estimate of drug-likeness (QED) is 0.164. The highest BCUT2D eigenvalue weighted by Crippen LogP contribution is 2.64. The Labute approximate surface area is 399 Å². The lowest BCUT2D eigenvalue weighted by atomic mass is 9.64. The predicted octanol–water partition coefficient (Wildman–Crippen LogP) is 18.2. The van der Waals surface area contributed by atoms with E-state index in [1.807, 2.05) is 11.3 Å². The van der Waals surface area contributed by atoms with E-state index in [2.05, 4.69) is 265 Å². The molecule has 14 rings (SSSR count). The molecule has 2 heterocycles. The van der Waals surface area contributed by atoms with Crippen LogP contribution < -0.4 is 9.80 Å². The van der Waals surface area contributed by atoms with Crippen molar-refractivity contribution in [1.82, 2.24) is 0 Å². The molecule has 0 bridgehead atoms. The first-order valence-corrected chi connectivity index (χ1v) is 24.2. The lowest BCUT2D eigenvalue weighted by Gasteiger charge is -2.45. The van der Waals surface area contributed by atoms with E-state index in [9.17, 15) is 0 Å². The van der Waals surface area contributed by atoms with E-state index in [-0.39, 0.29) is 0 Å². The monoisotopic (exact) mass is 882 g/mol. The molecule has 2 aliphatic rings. The largest absolute Gasteiger partial charge is 0.310 e. The summed E-state index contributed by atoms with van der Waals surface area (Å²) in [4.78, 5) is 5.01. The van der Waals surface area contributed by atoms with Gasteiger partial charge in [-0.1, -0.05) is 200 Å². The van der Waals surface area contributed by atoms with Crippen molar-refractivity contribution in [2.75, 3.05) is 9.80 Å². The van der Waals surface area contributed by atoms with Crippen LogP contribution >= 0.6 is 11.3 Å². The van der Waals surface area contributed by atoms with Crippen molar-refractivity contribution in [2.45, 2.75) is 5.41 Å². The number of anilines is 6. The minimum absolute atomic E-state index is 0.601.